The molecule has 31 heavy (non-hydrogen) atoms. The summed E-state index contributed by atoms with van der Waals surface area (Å²) in [7, 11) is 0. The number of hydrogen-bond donors (Lipinski definition) is 1. The van der Waals surface area contributed by atoms with Gasteiger partial charge in [-0.1, -0.05) is 23.7 Å². The van der Waals surface area contributed by atoms with E-state index in [2.05, 4.69) is 10.3 Å². The van der Waals surface area contributed by atoms with Crippen LogP contribution in [-0.4, -0.2) is 24.3 Å². The van der Waals surface area contributed by atoms with Gasteiger partial charge in [0.05, 0.1) is 23.8 Å². The van der Waals surface area contributed by atoms with Crippen molar-refractivity contribution in [3.05, 3.63) is 70.1 Å². The third kappa shape index (κ3) is 4.86. The Labute approximate surface area is 190 Å². The SMILES string of the molecule is CCOc1ccc2ccc(OCC)c(/C=C3\SC(=Nc4ccc(Cl)cc4)NC3=O)c2c1. The predicted molar refractivity (Wildman–Crippen MR) is 129 cm³/mol. The van der Waals surface area contributed by atoms with Crippen molar-refractivity contribution in [2.75, 3.05) is 13.2 Å². The molecule has 0 saturated carbocycles. The molecule has 0 aliphatic carbocycles. The highest BCUT2D eigenvalue weighted by Crippen LogP contribution is 2.36. The van der Waals surface area contributed by atoms with E-state index in [9.17, 15) is 4.79 Å². The summed E-state index contributed by atoms with van der Waals surface area (Å²) in [6.07, 6.45) is 1.85. The Morgan fingerprint density at radius 2 is 1.77 bits per heavy atom. The van der Waals surface area contributed by atoms with Gasteiger partial charge in [-0.3, -0.25) is 4.79 Å². The number of fused-ring (bicyclic) bond motifs is 1. The van der Waals surface area contributed by atoms with Crippen LogP contribution >= 0.6 is 23.4 Å². The molecule has 0 bridgehead atoms. The molecule has 0 spiro atoms. The molecule has 4 rings (SSSR count). The molecular formula is C24H21ClN2O3S. The largest absolute Gasteiger partial charge is 0.494 e. The van der Waals surface area contributed by atoms with E-state index in [1.807, 2.05) is 50.3 Å². The fourth-order valence-corrected chi connectivity index (χ4v) is 4.18. The van der Waals surface area contributed by atoms with Crippen LogP contribution in [0.15, 0.2) is 64.5 Å². The molecule has 1 amide bonds. The minimum Gasteiger partial charge on any atom is -0.494 e. The summed E-state index contributed by atoms with van der Waals surface area (Å²) in [5.41, 5.74) is 1.56. The van der Waals surface area contributed by atoms with Gasteiger partial charge >= 0.3 is 0 Å². The molecule has 5 nitrogen and oxygen atoms in total. The lowest BCUT2D eigenvalue weighted by Crippen LogP contribution is -2.19. The smallest absolute Gasteiger partial charge is 0.264 e. The normalized spacial score (nSPS) is 16.2. The summed E-state index contributed by atoms with van der Waals surface area (Å²) in [6, 6.07) is 17.0. The van der Waals surface area contributed by atoms with Crippen LogP contribution in [0.3, 0.4) is 0 Å². The Morgan fingerprint density at radius 1 is 1.03 bits per heavy atom. The lowest BCUT2D eigenvalue weighted by Gasteiger charge is -2.12. The first-order valence-electron chi connectivity index (χ1n) is 9.95. The van der Waals surface area contributed by atoms with E-state index in [0.717, 1.165) is 27.8 Å². The first-order chi connectivity index (χ1) is 15.1. The first-order valence-corrected chi connectivity index (χ1v) is 11.1. The van der Waals surface area contributed by atoms with Gasteiger partial charge in [0.15, 0.2) is 5.17 Å². The number of amidine groups is 1. The Balaban J connectivity index is 1.74. The topological polar surface area (TPSA) is 59.9 Å². The van der Waals surface area contributed by atoms with Gasteiger partial charge in [0.1, 0.15) is 11.5 Å². The summed E-state index contributed by atoms with van der Waals surface area (Å²) >= 11 is 7.22. The molecule has 0 atom stereocenters. The van der Waals surface area contributed by atoms with Crippen LogP contribution in [0.2, 0.25) is 5.02 Å². The van der Waals surface area contributed by atoms with Crippen LogP contribution < -0.4 is 14.8 Å². The molecule has 0 aromatic heterocycles. The van der Waals surface area contributed by atoms with Gasteiger partial charge in [0.2, 0.25) is 0 Å². The molecule has 0 unspecified atom stereocenters. The van der Waals surface area contributed by atoms with Crippen LogP contribution in [0.4, 0.5) is 5.69 Å². The number of halogens is 1. The van der Waals surface area contributed by atoms with E-state index in [4.69, 9.17) is 21.1 Å². The third-order valence-corrected chi connectivity index (χ3v) is 5.75. The summed E-state index contributed by atoms with van der Waals surface area (Å²) in [5, 5.41) is 5.98. The minimum absolute atomic E-state index is 0.196. The second-order valence-electron chi connectivity index (χ2n) is 6.68. The van der Waals surface area contributed by atoms with Gasteiger partial charge in [-0.25, -0.2) is 4.99 Å². The molecular weight excluding hydrogens is 432 g/mol. The molecule has 1 aliphatic rings. The van der Waals surface area contributed by atoms with Gasteiger partial charge < -0.3 is 14.8 Å². The lowest BCUT2D eigenvalue weighted by molar-refractivity contribution is -0.115. The molecule has 1 saturated heterocycles. The number of carbonyl (C=O) groups is 1. The maximum absolute atomic E-state index is 12.6. The average Bonchev–Trinajstić information content (AvgIpc) is 3.10. The molecule has 1 fully saturated rings. The second kappa shape index (κ2) is 9.45. The third-order valence-electron chi connectivity index (χ3n) is 4.59. The number of rotatable bonds is 6. The molecule has 3 aromatic rings. The van der Waals surface area contributed by atoms with Crippen molar-refractivity contribution in [3.8, 4) is 11.5 Å². The summed E-state index contributed by atoms with van der Waals surface area (Å²) in [4.78, 5) is 17.7. The number of nitrogens with zero attached hydrogens (tertiary/aromatic N) is 1. The van der Waals surface area contributed by atoms with Gasteiger partial charge in [0, 0.05) is 10.6 Å². The summed E-state index contributed by atoms with van der Waals surface area (Å²) in [6.45, 7) is 4.99. The Hall–Kier alpha value is -2.96. The van der Waals surface area contributed by atoms with Crippen LogP contribution in [0.1, 0.15) is 19.4 Å². The lowest BCUT2D eigenvalue weighted by atomic mass is 10.0. The standard InChI is InChI=1S/C24H21ClN2O3S/c1-3-29-18-11-5-15-6-12-21(30-4-2)20(19(15)13-18)14-22-23(28)27-24(31-22)26-17-9-7-16(25)8-10-17/h5-14H,3-4H2,1-2H3,(H,26,27,28)/b22-14-. The van der Waals surface area contributed by atoms with Gasteiger partial charge in [-0.15, -0.1) is 0 Å². The maximum Gasteiger partial charge on any atom is 0.264 e. The number of benzene rings is 3. The molecule has 1 heterocycles. The molecule has 7 heteroatoms. The van der Waals surface area contributed by atoms with Crippen molar-refractivity contribution in [3.63, 3.8) is 0 Å². The predicted octanol–water partition coefficient (Wildman–Crippen LogP) is 6.18. The van der Waals surface area contributed by atoms with Crippen molar-refractivity contribution in [2.24, 2.45) is 4.99 Å². The molecule has 0 radical (unpaired) electrons. The number of hydrogen-bond acceptors (Lipinski definition) is 5. The van der Waals surface area contributed by atoms with Crippen molar-refractivity contribution in [1.82, 2.24) is 5.32 Å². The Morgan fingerprint density at radius 3 is 2.52 bits per heavy atom. The number of carbonyl (C=O) groups excluding carboxylic acids is 1. The van der Waals surface area contributed by atoms with Crippen molar-refractivity contribution in [2.45, 2.75) is 13.8 Å². The van der Waals surface area contributed by atoms with E-state index in [0.29, 0.717) is 34.1 Å². The quantitative estimate of drug-likeness (QED) is 0.453. The number of thioether (sulfide) groups is 1. The van der Waals surface area contributed by atoms with Crippen LogP contribution in [0, 0.1) is 0 Å². The number of ether oxygens (including phenoxy) is 2. The summed E-state index contributed by atoms with van der Waals surface area (Å²) in [5.74, 6) is 1.29. The zero-order chi connectivity index (χ0) is 21.8. The number of aliphatic imine (C=N–C) groups is 1. The summed E-state index contributed by atoms with van der Waals surface area (Å²) < 4.78 is 11.5. The van der Waals surface area contributed by atoms with Gasteiger partial charge in [0.25, 0.3) is 5.91 Å². The molecule has 158 valence electrons. The number of nitrogens with one attached hydrogen (secondary N) is 1. The fourth-order valence-electron chi connectivity index (χ4n) is 3.23. The molecule has 1 N–H and O–H groups in total. The van der Waals surface area contributed by atoms with Gasteiger partial charge in [-0.2, -0.15) is 0 Å². The zero-order valence-corrected chi connectivity index (χ0v) is 18.7. The van der Waals surface area contributed by atoms with Crippen LogP contribution in [-0.2, 0) is 4.79 Å². The zero-order valence-electron chi connectivity index (χ0n) is 17.1. The first kappa shape index (κ1) is 21.3. The fraction of sp³-hybridized carbons (Fsp3) is 0.167. The minimum atomic E-state index is -0.196. The van der Waals surface area contributed by atoms with Crippen molar-refractivity contribution < 1.29 is 14.3 Å². The highest BCUT2D eigenvalue weighted by molar-refractivity contribution is 8.18. The average molecular weight is 453 g/mol. The second-order valence-corrected chi connectivity index (χ2v) is 8.15. The molecule has 3 aromatic carbocycles. The van der Waals surface area contributed by atoms with Crippen molar-refractivity contribution in [1.29, 1.82) is 0 Å². The van der Waals surface area contributed by atoms with Crippen LogP contribution in [0.5, 0.6) is 11.5 Å². The van der Waals surface area contributed by atoms with E-state index in [1.54, 1.807) is 24.3 Å². The van der Waals surface area contributed by atoms with E-state index >= 15 is 0 Å². The molecule has 1 aliphatic heterocycles. The highest BCUT2D eigenvalue weighted by atomic mass is 35.5. The monoisotopic (exact) mass is 452 g/mol. The maximum atomic E-state index is 12.6. The Bertz CT molecular complexity index is 1180. The van der Waals surface area contributed by atoms with E-state index < -0.39 is 0 Å². The number of amides is 1. The van der Waals surface area contributed by atoms with E-state index in [1.165, 1.54) is 11.8 Å². The van der Waals surface area contributed by atoms with Crippen molar-refractivity contribution >= 4 is 57.0 Å². The highest BCUT2D eigenvalue weighted by Gasteiger charge is 2.25. The van der Waals surface area contributed by atoms with E-state index in [-0.39, 0.29) is 5.91 Å². The van der Waals surface area contributed by atoms with Gasteiger partial charge in [-0.05, 0) is 84.9 Å². The van der Waals surface area contributed by atoms with Crippen LogP contribution in [0.25, 0.3) is 16.8 Å². The Kier molecular flexibility index (Phi) is 6.49.